The molecule has 0 amide bonds. The summed E-state index contributed by atoms with van der Waals surface area (Å²) >= 11 is 4.20. The number of alkyl halides is 1. The van der Waals surface area contributed by atoms with Crippen LogP contribution >= 0.6 is 15.9 Å². The van der Waals surface area contributed by atoms with Gasteiger partial charge < -0.3 is 0 Å². The first kappa shape index (κ1) is 30.0. The van der Waals surface area contributed by atoms with Gasteiger partial charge in [0.1, 0.15) is 0 Å². The summed E-state index contributed by atoms with van der Waals surface area (Å²) in [4.78, 5) is 0.592. The van der Waals surface area contributed by atoms with Gasteiger partial charge in [0.2, 0.25) is 0 Å². The maximum atomic E-state index is 4.26. The zero-order valence-corrected chi connectivity index (χ0v) is 27.6. The Balaban J connectivity index is 0.00000267. The monoisotopic (exact) mass is 693 g/mol. The van der Waals surface area contributed by atoms with Crippen LogP contribution in [0.15, 0.2) is 0 Å². The summed E-state index contributed by atoms with van der Waals surface area (Å²) < 4.78 is 0. The van der Waals surface area contributed by atoms with Crippen LogP contribution in [-0.2, 0) is 17.1 Å². The van der Waals surface area contributed by atoms with Crippen LogP contribution in [0.25, 0.3) is 0 Å². The van der Waals surface area contributed by atoms with Crippen LogP contribution in [0.1, 0.15) is 96.3 Å². The summed E-state index contributed by atoms with van der Waals surface area (Å²) in [6.07, 6.45) is 23.7. The summed E-state index contributed by atoms with van der Waals surface area (Å²) in [6, 6.07) is 0. The summed E-state index contributed by atoms with van der Waals surface area (Å²) in [7, 11) is 0. The Hall–Kier alpha value is 0.679. The molecule has 8 nitrogen and oxygen atoms in total. The molecule has 241 valence electrons. The molecule has 5 heterocycles. The zero-order chi connectivity index (χ0) is 27.1. The minimum Gasteiger partial charge on any atom is -0.286 e. The molecule has 0 aromatic carbocycles. The quantitative estimate of drug-likeness (QED) is 0.145. The average molecular weight is 695 g/mol. The molecule has 9 rings (SSSR count). The van der Waals surface area contributed by atoms with Crippen LogP contribution in [0.3, 0.4) is 0 Å². The van der Waals surface area contributed by atoms with E-state index in [1.807, 2.05) is 0 Å². The maximum Gasteiger partial charge on any atom is 0.0639 e. The molecule has 4 saturated carbocycles. The van der Waals surface area contributed by atoms with Crippen molar-refractivity contribution in [3.05, 3.63) is 0 Å². The Bertz CT molecular complexity index is 959. The van der Waals surface area contributed by atoms with Crippen molar-refractivity contribution in [3.63, 3.8) is 0 Å². The molecule has 0 aromatic rings. The predicted octanol–water partition coefficient (Wildman–Crippen LogP) is 2.98. The molecule has 9 fully saturated rings. The largest absolute Gasteiger partial charge is 0.286 e. The van der Waals surface area contributed by atoms with Gasteiger partial charge in [0.05, 0.1) is 49.3 Å². The Labute approximate surface area is 272 Å². The van der Waals surface area contributed by atoms with Crippen molar-refractivity contribution in [3.8, 4) is 0 Å². The van der Waals surface area contributed by atoms with Gasteiger partial charge in [-0.1, -0.05) is 60.9 Å². The van der Waals surface area contributed by atoms with Gasteiger partial charge in [-0.15, -0.1) is 0 Å². The summed E-state index contributed by atoms with van der Waals surface area (Å²) in [5.41, 5.74) is 0. The van der Waals surface area contributed by atoms with Gasteiger partial charge in [-0.3, -0.25) is 42.5 Å². The molecule has 17 unspecified atom stereocenters. The van der Waals surface area contributed by atoms with Gasteiger partial charge in [0.15, 0.2) is 0 Å². The van der Waals surface area contributed by atoms with Crippen molar-refractivity contribution in [1.82, 2.24) is 42.5 Å². The molecule has 17 atom stereocenters. The van der Waals surface area contributed by atoms with Crippen LogP contribution < -0.4 is 42.5 Å². The standard InChI is InChI=1S/C32H55BrN8.Cu/c33-23-15-7-14-22-24(23)32-40-30-21-13-6-5-12-20(21)28(38-30)36-26-17-9-2-1-8-16(17)25(34-26)35-27-18-10-3-4-11-19(18)29(37-27)39-31(22)41-32;/h16-32,34-41H,1-15H2;. The normalized spacial score (nSPS) is 56.9. The van der Waals surface area contributed by atoms with Gasteiger partial charge in [0, 0.05) is 27.8 Å². The van der Waals surface area contributed by atoms with Crippen molar-refractivity contribution in [2.75, 3.05) is 0 Å². The molecule has 1 radical (unpaired) electrons. The number of rotatable bonds is 0. The second-order valence-electron chi connectivity index (χ2n) is 15.7. The van der Waals surface area contributed by atoms with E-state index in [0.29, 0.717) is 66.0 Å². The van der Waals surface area contributed by atoms with Gasteiger partial charge in [-0.25, -0.2) is 0 Å². The van der Waals surface area contributed by atoms with E-state index in [-0.39, 0.29) is 17.1 Å². The molecule has 8 N–H and O–H groups in total. The molecule has 9 aliphatic rings. The molecule has 0 spiro atoms. The maximum absolute atomic E-state index is 4.26. The van der Waals surface area contributed by atoms with E-state index in [9.17, 15) is 0 Å². The van der Waals surface area contributed by atoms with Crippen molar-refractivity contribution in [1.29, 1.82) is 0 Å². The smallest absolute Gasteiger partial charge is 0.0639 e. The number of hydrogen-bond acceptors (Lipinski definition) is 8. The fraction of sp³-hybridized carbons (Fsp3) is 1.00. The first-order valence-electron chi connectivity index (χ1n) is 17.9. The first-order chi connectivity index (χ1) is 20.2. The molecule has 4 aliphatic carbocycles. The van der Waals surface area contributed by atoms with Crippen LogP contribution in [0.2, 0.25) is 0 Å². The van der Waals surface area contributed by atoms with Crippen LogP contribution in [-0.4, -0.2) is 54.2 Å². The van der Waals surface area contributed by atoms with E-state index in [0.717, 1.165) is 35.5 Å². The third-order valence-electron chi connectivity index (χ3n) is 13.8. The molecule has 0 aromatic heterocycles. The number of halogens is 1. The molecular formula is C32H55BrCuN8. The van der Waals surface area contributed by atoms with E-state index < -0.39 is 0 Å². The fourth-order valence-corrected chi connectivity index (χ4v) is 13.0. The SMILES string of the molecule is BrC1CCCC2C3NC4NC(NC5NC(NC6NC(NC(N3)C12)C1CCCCC61)C1CCCCC51)C1CCCCC41.[Cu]. The predicted molar refractivity (Wildman–Crippen MR) is 165 cm³/mol. The minimum absolute atomic E-state index is 0. The molecule has 5 saturated heterocycles. The summed E-state index contributed by atoms with van der Waals surface area (Å²) in [5, 5.41) is 33.8. The Morgan fingerprint density at radius 2 is 0.571 bits per heavy atom. The average Bonchev–Trinajstić information content (AvgIpc) is 3.73. The van der Waals surface area contributed by atoms with Crippen LogP contribution in [0, 0.1) is 47.3 Å². The van der Waals surface area contributed by atoms with E-state index in [4.69, 9.17) is 0 Å². The molecule has 10 heteroatoms. The number of nitrogens with one attached hydrogen (secondary N) is 8. The summed E-state index contributed by atoms with van der Waals surface area (Å²) in [6.45, 7) is 0. The van der Waals surface area contributed by atoms with Crippen molar-refractivity contribution in [2.45, 2.75) is 150 Å². The van der Waals surface area contributed by atoms with Gasteiger partial charge in [-0.2, -0.15) is 0 Å². The molecular weight excluding hydrogens is 640 g/mol. The van der Waals surface area contributed by atoms with Crippen LogP contribution in [0.4, 0.5) is 0 Å². The number of fused-ring (bicyclic) bond motifs is 20. The first-order valence-corrected chi connectivity index (χ1v) is 18.9. The van der Waals surface area contributed by atoms with Gasteiger partial charge >= 0.3 is 0 Å². The second kappa shape index (κ2) is 12.4. The van der Waals surface area contributed by atoms with Crippen molar-refractivity contribution < 1.29 is 17.1 Å². The van der Waals surface area contributed by atoms with Crippen molar-refractivity contribution >= 4 is 15.9 Å². The molecule has 5 aliphatic heterocycles. The third kappa shape index (κ3) is 5.14. The molecule has 8 bridgehead atoms. The summed E-state index contributed by atoms with van der Waals surface area (Å²) in [5.74, 6) is 5.69. The molecule has 42 heavy (non-hydrogen) atoms. The Morgan fingerprint density at radius 1 is 0.310 bits per heavy atom. The third-order valence-corrected chi connectivity index (χ3v) is 14.9. The van der Waals surface area contributed by atoms with E-state index in [2.05, 4.69) is 58.5 Å². The van der Waals surface area contributed by atoms with E-state index in [1.165, 1.54) is 96.3 Å². The minimum atomic E-state index is 0. The second-order valence-corrected chi connectivity index (χ2v) is 16.9. The number of hydrogen-bond donors (Lipinski definition) is 8. The van der Waals surface area contributed by atoms with E-state index >= 15 is 0 Å². The van der Waals surface area contributed by atoms with Gasteiger partial charge in [-0.05, 0) is 92.8 Å². The fourth-order valence-electron chi connectivity index (χ4n) is 12.0. The van der Waals surface area contributed by atoms with E-state index in [1.54, 1.807) is 0 Å². The zero-order valence-electron chi connectivity index (χ0n) is 25.1. The van der Waals surface area contributed by atoms with Crippen molar-refractivity contribution in [2.24, 2.45) is 47.3 Å². The topological polar surface area (TPSA) is 96.2 Å². The Morgan fingerprint density at radius 3 is 0.905 bits per heavy atom. The Kier molecular flexibility index (Phi) is 8.85. The van der Waals surface area contributed by atoms with Gasteiger partial charge in [0.25, 0.3) is 0 Å². The van der Waals surface area contributed by atoms with Crippen LogP contribution in [0.5, 0.6) is 0 Å².